The lowest BCUT2D eigenvalue weighted by atomic mass is 10.2. The van der Waals surface area contributed by atoms with Gasteiger partial charge in [0.15, 0.2) is 0 Å². The molecular weight excluding hydrogens is 180 g/mol. The fourth-order valence-electron chi connectivity index (χ4n) is 1.06. The summed E-state index contributed by atoms with van der Waals surface area (Å²) in [5.41, 5.74) is 5.36. The zero-order valence-corrected chi connectivity index (χ0v) is 9.05. The van der Waals surface area contributed by atoms with E-state index in [9.17, 15) is 4.79 Å². The van der Waals surface area contributed by atoms with Gasteiger partial charge in [0, 0.05) is 6.54 Å². The highest BCUT2D eigenvalue weighted by Gasteiger charge is 1.98. The standard InChI is InChI=1S/C10H22N2O2/c1-2-9-14-10(13)12-8-6-4-3-5-7-11/h2-9,11H2,1H3,(H,12,13). The maximum absolute atomic E-state index is 10.9. The Kier molecular flexibility index (Phi) is 9.74. The predicted octanol–water partition coefficient (Wildman–Crippen LogP) is 1.64. The van der Waals surface area contributed by atoms with Gasteiger partial charge in [-0.1, -0.05) is 19.8 Å². The summed E-state index contributed by atoms with van der Waals surface area (Å²) in [4.78, 5) is 10.9. The Bertz CT molecular complexity index is 140. The Morgan fingerprint density at radius 3 is 2.64 bits per heavy atom. The molecular formula is C10H22N2O2. The lowest BCUT2D eigenvalue weighted by Gasteiger charge is -2.05. The highest BCUT2D eigenvalue weighted by molar-refractivity contribution is 5.66. The number of hydrogen-bond acceptors (Lipinski definition) is 3. The Labute approximate surface area is 86.2 Å². The molecule has 0 heterocycles. The molecule has 0 bridgehead atoms. The maximum atomic E-state index is 10.9. The van der Waals surface area contributed by atoms with E-state index in [0.29, 0.717) is 13.2 Å². The Morgan fingerprint density at radius 2 is 2.00 bits per heavy atom. The third-order valence-electron chi connectivity index (χ3n) is 1.84. The second-order valence-electron chi connectivity index (χ2n) is 3.27. The third kappa shape index (κ3) is 9.32. The number of alkyl carbamates (subject to hydrolysis) is 1. The van der Waals surface area contributed by atoms with Gasteiger partial charge in [-0.15, -0.1) is 0 Å². The molecule has 3 N–H and O–H groups in total. The van der Waals surface area contributed by atoms with E-state index in [1.165, 1.54) is 0 Å². The van der Waals surface area contributed by atoms with E-state index in [1.807, 2.05) is 6.92 Å². The van der Waals surface area contributed by atoms with Crippen LogP contribution in [0.5, 0.6) is 0 Å². The van der Waals surface area contributed by atoms with E-state index in [4.69, 9.17) is 10.5 Å². The molecule has 1 amide bonds. The summed E-state index contributed by atoms with van der Waals surface area (Å²) in [5.74, 6) is 0. The van der Waals surface area contributed by atoms with Crippen molar-refractivity contribution in [3.63, 3.8) is 0 Å². The number of carbonyl (C=O) groups is 1. The minimum atomic E-state index is -0.300. The van der Waals surface area contributed by atoms with Crippen LogP contribution in [0.2, 0.25) is 0 Å². The highest BCUT2D eigenvalue weighted by Crippen LogP contribution is 1.96. The molecule has 0 aromatic rings. The monoisotopic (exact) mass is 202 g/mol. The zero-order valence-electron chi connectivity index (χ0n) is 9.05. The molecule has 0 saturated heterocycles. The zero-order chi connectivity index (χ0) is 10.6. The van der Waals surface area contributed by atoms with Crippen LogP contribution in [-0.4, -0.2) is 25.8 Å². The summed E-state index contributed by atoms with van der Waals surface area (Å²) in [6.07, 6.45) is 4.89. The van der Waals surface area contributed by atoms with Crippen molar-refractivity contribution < 1.29 is 9.53 Å². The molecule has 4 nitrogen and oxygen atoms in total. The summed E-state index contributed by atoms with van der Waals surface area (Å²) in [5, 5.41) is 2.70. The Balaban J connectivity index is 3.07. The number of hydrogen-bond donors (Lipinski definition) is 2. The quantitative estimate of drug-likeness (QED) is 0.588. The van der Waals surface area contributed by atoms with Crippen molar-refractivity contribution in [3.8, 4) is 0 Å². The van der Waals surface area contributed by atoms with Crippen LogP contribution in [0, 0.1) is 0 Å². The van der Waals surface area contributed by atoms with Crippen LogP contribution in [0.1, 0.15) is 39.0 Å². The minimum absolute atomic E-state index is 0.300. The molecule has 0 aliphatic carbocycles. The molecule has 4 heteroatoms. The summed E-state index contributed by atoms with van der Waals surface area (Å²) >= 11 is 0. The smallest absolute Gasteiger partial charge is 0.407 e. The maximum Gasteiger partial charge on any atom is 0.407 e. The van der Waals surface area contributed by atoms with Crippen LogP contribution in [-0.2, 0) is 4.74 Å². The predicted molar refractivity (Wildman–Crippen MR) is 57.2 cm³/mol. The first-order valence-corrected chi connectivity index (χ1v) is 5.42. The van der Waals surface area contributed by atoms with E-state index in [-0.39, 0.29) is 6.09 Å². The first-order valence-electron chi connectivity index (χ1n) is 5.42. The molecule has 0 aliphatic heterocycles. The first kappa shape index (κ1) is 13.2. The highest BCUT2D eigenvalue weighted by atomic mass is 16.5. The fraction of sp³-hybridized carbons (Fsp3) is 0.900. The molecule has 0 saturated carbocycles. The van der Waals surface area contributed by atoms with Crippen LogP contribution in [0.3, 0.4) is 0 Å². The number of amides is 1. The Morgan fingerprint density at radius 1 is 1.29 bits per heavy atom. The molecule has 14 heavy (non-hydrogen) atoms. The van der Waals surface area contributed by atoms with E-state index in [1.54, 1.807) is 0 Å². The van der Waals surface area contributed by atoms with Gasteiger partial charge in [0.25, 0.3) is 0 Å². The van der Waals surface area contributed by atoms with Gasteiger partial charge in [-0.3, -0.25) is 0 Å². The molecule has 0 aromatic heterocycles. The van der Waals surface area contributed by atoms with Gasteiger partial charge in [0.2, 0.25) is 0 Å². The van der Waals surface area contributed by atoms with Crippen LogP contribution >= 0.6 is 0 Å². The van der Waals surface area contributed by atoms with Crippen molar-refractivity contribution in [2.45, 2.75) is 39.0 Å². The number of nitrogens with two attached hydrogens (primary N) is 1. The van der Waals surface area contributed by atoms with Gasteiger partial charge >= 0.3 is 6.09 Å². The van der Waals surface area contributed by atoms with Crippen molar-refractivity contribution in [2.75, 3.05) is 19.7 Å². The molecule has 0 aliphatic rings. The summed E-state index contributed by atoms with van der Waals surface area (Å²) < 4.78 is 4.85. The fourth-order valence-corrected chi connectivity index (χ4v) is 1.06. The van der Waals surface area contributed by atoms with Crippen molar-refractivity contribution in [3.05, 3.63) is 0 Å². The minimum Gasteiger partial charge on any atom is -0.450 e. The van der Waals surface area contributed by atoms with Gasteiger partial charge in [0.05, 0.1) is 6.61 Å². The summed E-state index contributed by atoms with van der Waals surface area (Å²) in [6.45, 7) is 3.93. The first-order chi connectivity index (χ1) is 6.81. The van der Waals surface area contributed by atoms with Gasteiger partial charge in [-0.2, -0.15) is 0 Å². The lowest BCUT2D eigenvalue weighted by Crippen LogP contribution is -2.25. The van der Waals surface area contributed by atoms with E-state index >= 15 is 0 Å². The second-order valence-corrected chi connectivity index (χ2v) is 3.27. The topological polar surface area (TPSA) is 64.3 Å². The third-order valence-corrected chi connectivity index (χ3v) is 1.84. The largest absolute Gasteiger partial charge is 0.450 e. The number of ether oxygens (including phenoxy) is 1. The van der Waals surface area contributed by atoms with Crippen molar-refractivity contribution in [1.82, 2.24) is 5.32 Å². The van der Waals surface area contributed by atoms with Gasteiger partial charge < -0.3 is 15.8 Å². The van der Waals surface area contributed by atoms with E-state index in [2.05, 4.69) is 5.32 Å². The number of carbonyl (C=O) groups excluding carboxylic acids is 1. The number of unbranched alkanes of at least 4 members (excludes halogenated alkanes) is 3. The molecule has 84 valence electrons. The lowest BCUT2D eigenvalue weighted by molar-refractivity contribution is 0.146. The summed E-state index contributed by atoms with van der Waals surface area (Å²) in [6, 6.07) is 0. The molecule has 0 spiro atoms. The van der Waals surface area contributed by atoms with Crippen LogP contribution in [0.25, 0.3) is 0 Å². The number of nitrogens with one attached hydrogen (secondary N) is 1. The summed E-state index contributed by atoms with van der Waals surface area (Å²) in [7, 11) is 0. The van der Waals surface area contributed by atoms with Crippen LogP contribution in [0.15, 0.2) is 0 Å². The average molecular weight is 202 g/mol. The van der Waals surface area contributed by atoms with E-state index < -0.39 is 0 Å². The van der Waals surface area contributed by atoms with Gasteiger partial charge in [0.1, 0.15) is 0 Å². The van der Waals surface area contributed by atoms with Gasteiger partial charge in [-0.25, -0.2) is 4.79 Å². The molecule has 0 rings (SSSR count). The second kappa shape index (κ2) is 10.3. The average Bonchev–Trinajstić information content (AvgIpc) is 2.20. The molecule has 0 aromatic carbocycles. The molecule has 0 fully saturated rings. The van der Waals surface area contributed by atoms with Crippen LogP contribution < -0.4 is 11.1 Å². The van der Waals surface area contributed by atoms with Gasteiger partial charge in [-0.05, 0) is 25.8 Å². The van der Waals surface area contributed by atoms with Crippen molar-refractivity contribution in [2.24, 2.45) is 5.73 Å². The van der Waals surface area contributed by atoms with Crippen molar-refractivity contribution >= 4 is 6.09 Å². The van der Waals surface area contributed by atoms with Crippen LogP contribution in [0.4, 0.5) is 4.79 Å². The molecule has 0 atom stereocenters. The van der Waals surface area contributed by atoms with E-state index in [0.717, 1.165) is 38.6 Å². The molecule has 0 unspecified atom stereocenters. The number of rotatable bonds is 8. The van der Waals surface area contributed by atoms with Crippen molar-refractivity contribution in [1.29, 1.82) is 0 Å². The molecule has 0 radical (unpaired) electrons. The normalized spacial score (nSPS) is 9.86. The Hall–Kier alpha value is -0.770. The SMILES string of the molecule is CCCOC(=O)NCCCCCCN.